The zero-order valence-electron chi connectivity index (χ0n) is 11.8. The van der Waals surface area contributed by atoms with Gasteiger partial charge in [0.2, 0.25) is 5.91 Å². The molecule has 21 heavy (non-hydrogen) atoms. The molecule has 0 radical (unpaired) electrons. The van der Waals surface area contributed by atoms with Crippen molar-refractivity contribution in [3.05, 3.63) is 41.3 Å². The normalized spacial score (nSPS) is 17.5. The van der Waals surface area contributed by atoms with Crippen LogP contribution in [0.2, 0.25) is 0 Å². The number of rotatable bonds is 2. The Kier molecular flexibility index (Phi) is 3.51. The summed E-state index contributed by atoms with van der Waals surface area (Å²) in [6, 6.07) is 11.9. The van der Waals surface area contributed by atoms with Crippen LogP contribution in [0.15, 0.2) is 36.4 Å². The second-order valence-corrected chi connectivity index (χ2v) is 6.04. The molecule has 0 saturated carbocycles. The number of carbonyl (C=O) groups excluding carboxylic acids is 2. The molecule has 0 N–H and O–H groups in total. The van der Waals surface area contributed by atoms with Crippen molar-refractivity contribution in [2.45, 2.75) is 12.3 Å². The molecule has 1 aromatic heterocycles. The molecule has 4 nitrogen and oxygen atoms in total. The van der Waals surface area contributed by atoms with Gasteiger partial charge in [-0.15, -0.1) is 11.3 Å². The summed E-state index contributed by atoms with van der Waals surface area (Å²) in [6.45, 7) is 0. The van der Waals surface area contributed by atoms with Gasteiger partial charge in [-0.3, -0.25) is 9.59 Å². The molecule has 108 valence electrons. The van der Waals surface area contributed by atoms with Crippen LogP contribution in [-0.4, -0.2) is 26.0 Å². The third-order valence-corrected chi connectivity index (χ3v) is 5.00. The van der Waals surface area contributed by atoms with Crippen LogP contribution >= 0.6 is 11.3 Å². The number of methoxy groups -OCH3 is 1. The Hall–Kier alpha value is -2.14. The van der Waals surface area contributed by atoms with Crippen LogP contribution in [0.4, 0.5) is 5.69 Å². The maximum Gasteiger partial charge on any atom is 0.314 e. The molecule has 0 spiro atoms. The van der Waals surface area contributed by atoms with Gasteiger partial charge in [-0.25, -0.2) is 0 Å². The Morgan fingerprint density at radius 2 is 2.05 bits per heavy atom. The van der Waals surface area contributed by atoms with Crippen LogP contribution in [-0.2, 0) is 14.3 Å². The van der Waals surface area contributed by atoms with Gasteiger partial charge in [-0.1, -0.05) is 30.3 Å². The summed E-state index contributed by atoms with van der Waals surface area (Å²) >= 11 is 1.55. The van der Waals surface area contributed by atoms with Crippen molar-refractivity contribution in [2.24, 2.45) is 0 Å². The Labute approximate surface area is 127 Å². The van der Waals surface area contributed by atoms with Gasteiger partial charge >= 0.3 is 5.97 Å². The van der Waals surface area contributed by atoms with Gasteiger partial charge in [-0.2, -0.15) is 0 Å². The van der Waals surface area contributed by atoms with Gasteiger partial charge < -0.3 is 9.64 Å². The van der Waals surface area contributed by atoms with E-state index in [1.54, 1.807) is 23.3 Å². The van der Waals surface area contributed by atoms with Gasteiger partial charge in [0, 0.05) is 23.2 Å². The highest BCUT2D eigenvalue weighted by Crippen LogP contribution is 2.45. The number of anilines is 1. The largest absolute Gasteiger partial charge is 0.469 e. The van der Waals surface area contributed by atoms with E-state index in [0.29, 0.717) is 0 Å². The summed E-state index contributed by atoms with van der Waals surface area (Å²) < 4.78 is 4.84. The third-order valence-electron chi connectivity index (χ3n) is 3.71. The Balaban J connectivity index is 2.09. The van der Waals surface area contributed by atoms with Crippen molar-refractivity contribution in [1.82, 2.24) is 0 Å². The first-order valence-electron chi connectivity index (χ1n) is 6.65. The van der Waals surface area contributed by atoms with Crippen molar-refractivity contribution in [2.75, 3.05) is 19.1 Å². The highest BCUT2D eigenvalue weighted by molar-refractivity contribution is 7.16. The molecule has 0 aliphatic carbocycles. The van der Waals surface area contributed by atoms with E-state index in [1.807, 2.05) is 36.4 Å². The SMILES string of the molecule is COC(=O)C1CC(=O)N(C)c2cc(-c3ccccc3)sc21. The van der Waals surface area contributed by atoms with Gasteiger partial charge in [0.15, 0.2) is 0 Å². The second kappa shape index (κ2) is 5.33. The number of hydrogen-bond acceptors (Lipinski definition) is 4. The molecular weight excluding hydrogens is 286 g/mol. The first kappa shape index (κ1) is 13.8. The second-order valence-electron chi connectivity index (χ2n) is 4.96. The summed E-state index contributed by atoms with van der Waals surface area (Å²) in [4.78, 5) is 27.6. The van der Waals surface area contributed by atoms with Crippen molar-refractivity contribution >= 4 is 28.9 Å². The molecule has 3 rings (SSSR count). The molecule has 2 heterocycles. The van der Waals surface area contributed by atoms with E-state index in [4.69, 9.17) is 4.74 Å². The lowest BCUT2D eigenvalue weighted by Crippen LogP contribution is -2.34. The fourth-order valence-electron chi connectivity index (χ4n) is 2.52. The lowest BCUT2D eigenvalue weighted by Gasteiger charge is -2.27. The third kappa shape index (κ3) is 2.34. The molecule has 1 aliphatic heterocycles. The zero-order chi connectivity index (χ0) is 15.0. The number of fused-ring (bicyclic) bond motifs is 1. The predicted molar refractivity (Wildman–Crippen MR) is 82.5 cm³/mol. The molecule has 1 unspecified atom stereocenters. The fourth-order valence-corrected chi connectivity index (χ4v) is 3.81. The van der Waals surface area contributed by atoms with E-state index in [-0.39, 0.29) is 18.3 Å². The molecule has 0 fully saturated rings. The molecule has 1 aliphatic rings. The van der Waals surface area contributed by atoms with E-state index in [2.05, 4.69) is 0 Å². The van der Waals surface area contributed by atoms with Crippen molar-refractivity contribution in [1.29, 1.82) is 0 Å². The van der Waals surface area contributed by atoms with Crippen LogP contribution in [0, 0.1) is 0 Å². The number of nitrogens with zero attached hydrogens (tertiary/aromatic N) is 1. The zero-order valence-corrected chi connectivity index (χ0v) is 12.6. The number of ether oxygens (including phenoxy) is 1. The maximum absolute atomic E-state index is 12.1. The summed E-state index contributed by atoms with van der Waals surface area (Å²) in [5.74, 6) is -0.898. The highest BCUT2D eigenvalue weighted by atomic mass is 32.1. The molecule has 1 amide bonds. The first-order chi connectivity index (χ1) is 10.1. The van der Waals surface area contributed by atoms with Crippen LogP contribution in [0.3, 0.4) is 0 Å². The minimum Gasteiger partial charge on any atom is -0.469 e. The minimum atomic E-state index is -0.490. The highest BCUT2D eigenvalue weighted by Gasteiger charge is 2.36. The molecular formula is C16H15NO3S. The average Bonchev–Trinajstić information content (AvgIpc) is 2.96. The van der Waals surface area contributed by atoms with Crippen LogP contribution < -0.4 is 4.90 Å². The number of benzene rings is 1. The Morgan fingerprint density at radius 3 is 2.71 bits per heavy atom. The number of thiophene rings is 1. The number of carbonyl (C=O) groups is 2. The van der Waals surface area contributed by atoms with E-state index in [0.717, 1.165) is 21.0 Å². The first-order valence-corrected chi connectivity index (χ1v) is 7.47. The van der Waals surface area contributed by atoms with Crippen LogP contribution in [0.25, 0.3) is 10.4 Å². The van der Waals surface area contributed by atoms with Crippen LogP contribution in [0.5, 0.6) is 0 Å². The smallest absolute Gasteiger partial charge is 0.314 e. The molecule has 1 atom stereocenters. The summed E-state index contributed by atoms with van der Waals surface area (Å²) in [7, 11) is 3.10. The molecule has 0 saturated heterocycles. The van der Waals surface area contributed by atoms with E-state index in [1.165, 1.54) is 7.11 Å². The molecule has 2 aromatic rings. The van der Waals surface area contributed by atoms with Gasteiger partial charge in [-0.05, 0) is 11.6 Å². The predicted octanol–water partition coefficient (Wildman–Crippen LogP) is 3.04. The summed E-state index contributed by atoms with van der Waals surface area (Å²) in [6.07, 6.45) is 0.172. The molecule has 5 heteroatoms. The number of hydrogen-bond donors (Lipinski definition) is 0. The van der Waals surface area contributed by atoms with Gasteiger partial charge in [0.05, 0.1) is 12.8 Å². The average molecular weight is 301 g/mol. The van der Waals surface area contributed by atoms with Crippen molar-refractivity contribution in [3.8, 4) is 10.4 Å². The van der Waals surface area contributed by atoms with Gasteiger partial charge in [0.25, 0.3) is 0 Å². The topological polar surface area (TPSA) is 46.6 Å². The molecule has 1 aromatic carbocycles. The van der Waals surface area contributed by atoms with Crippen LogP contribution in [0.1, 0.15) is 17.2 Å². The number of amides is 1. The summed E-state index contributed by atoms with van der Waals surface area (Å²) in [5.41, 5.74) is 1.90. The Bertz CT molecular complexity index is 693. The van der Waals surface area contributed by atoms with Crippen molar-refractivity contribution < 1.29 is 14.3 Å². The fraction of sp³-hybridized carbons (Fsp3) is 0.250. The van der Waals surface area contributed by atoms with Crippen molar-refractivity contribution in [3.63, 3.8) is 0 Å². The molecule has 0 bridgehead atoms. The number of esters is 1. The Morgan fingerprint density at radius 1 is 1.33 bits per heavy atom. The quantitative estimate of drug-likeness (QED) is 0.801. The van der Waals surface area contributed by atoms with Gasteiger partial charge in [0.1, 0.15) is 5.92 Å². The standard InChI is InChI=1S/C16H15NO3S/c1-17-12-9-13(10-6-4-3-5-7-10)21-15(12)11(8-14(17)18)16(19)20-2/h3-7,9,11H,8H2,1-2H3. The summed E-state index contributed by atoms with van der Waals surface area (Å²) in [5, 5.41) is 0. The lowest BCUT2D eigenvalue weighted by atomic mass is 9.97. The minimum absolute atomic E-state index is 0.0599. The lowest BCUT2D eigenvalue weighted by molar-refractivity contribution is -0.144. The van der Waals surface area contributed by atoms with E-state index in [9.17, 15) is 9.59 Å². The maximum atomic E-state index is 12.1. The van der Waals surface area contributed by atoms with E-state index < -0.39 is 5.92 Å². The monoisotopic (exact) mass is 301 g/mol. The van der Waals surface area contributed by atoms with E-state index >= 15 is 0 Å².